The maximum atomic E-state index is 5.50. The van der Waals surface area contributed by atoms with Gasteiger partial charge in [-0.1, -0.05) is 26.0 Å². The Morgan fingerprint density at radius 3 is 2.74 bits per heavy atom. The van der Waals surface area contributed by atoms with E-state index in [1.165, 1.54) is 10.5 Å². The fraction of sp³-hybridized carbons (Fsp3) is 0.400. The van der Waals surface area contributed by atoms with Crippen molar-refractivity contribution in [1.82, 2.24) is 25.2 Å². The first-order chi connectivity index (χ1) is 12.9. The molecule has 0 amide bonds. The van der Waals surface area contributed by atoms with Crippen molar-refractivity contribution in [1.29, 1.82) is 0 Å². The molecule has 0 N–H and O–H groups in total. The van der Waals surface area contributed by atoms with Gasteiger partial charge in [-0.05, 0) is 48.6 Å². The number of benzene rings is 1. The van der Waals surface area contributed by atoms with Gasteiger partial charge in [0.25, 0.3) is 0 Å². The molecule has 2 aromatic heterocycles. The average molecular weight is 384 g/mol. The quantitative estimate of drug-likeness (QED) is 0.608. The summed E-state index contributed by atoms with van der Waals surface area (Å²) in [6.45, 7) is 6.58. The van der Waals surface area contributed by atoms with E-state index in [0.29, 0.717) is 5.82 Å². The first kappa shape index (κ1) is 19.2. The molecule has 0 spiro atoms. The van der Waals surface area contributed by atoms with Crippen molar-refractivity contribution in [3.63, 3.8) is 0 Å². The summed E-state index contributed by atoms with van der Waals surface area (Å²) in [6, 6.07) is 5.92. The number of rotatable bonds is 7. The number of tetrazole rings is 1. The van der Waals surface area contributed by atoms with Crippen molar-refractivity contribution in [2.75, 3.05) is 7.11 Å². The van der Waals surface area contributed by atoms with E-state index in [-0.39, 0.29) is 5.41 Å². The highest BCUT2D eigenvalue weighted by Crippen LogP contribution is 2.29. The summed E-state index contributed by atoms with van der Waals surface area (Å²) < 4.78 is 5.50. The van der Waals surface area contributed by atoms with Gasteiger partial charge in [0, 0.05) is 16.5 Å². The molecule has 3 rings (SSSR count). The maximum Gasteiger partial charge on any atom is 0.204 e. The van der Waals surface area contributed by atoms with Crippen molar-refractivity contribution in [2.45, 2.75) is 33.6 Å². The van der Waals surface area contributed by atoms with E-state index < -0.39 is 0 Å². The predicted molar refractivity (Wildman–Crippen MR) is 109 cm³/mol. The molecule has 0 saturated heterocycles. The molecule has 27 heavy (non-hydrogen) atoms. The monoisotopic (exact) mass is 383 g/mol. The number of allylic oxidation sites excluding steroid dienone is 1. The summed E-state index contributed by atoms with van der Waals surface area (Å²) in [5, 5.41) is 15.5. The molecule has 0 fully saturated rings. The molecule has 0 aliphatic heterocycles. The molecule has 0 bridgehead atoms. The fourth-order valence-corrected chi connectivity index (χ4v) is 3.57. The Morgan fingerprint density at radius 2 is 2.11 bits per heavy atom. The summed E-state index contributed by atoms with van der Waals surface area (Å²) in [5.41, 5.74) is 3.22. The molecule has 1 aromatic carbocycles. The van der Waals surface area contributed by atoms with Crippen molar-refractivity contribution in [3.8, 4) is 17.1 Å². The standard InChI is InChI=1S/C20H25N5OS/c1-14-21-17(13-27-14)12-20(2,3)10-6-7-15-11-16(8-9-18(15)26-5)19-22-24-25(4)23-19/h6-9,11,13H,10,12H2,1-5H3/b7-6+. The summed E-state index contributed by atoms with van der Waals surface area (Å²) >= 11 is 1.71. The Bertz CT molecular complexity index is 942. The third-order valence-electron chi connectivity index (χ3n) is 4.29. The molecule has 0 aliphatic carbocycles. The minimum Gasteiger partial charge on any atom is -0.496 e. The van der Waals surface area contributed by atoms with E-state index >= 15 is 0 Å². The smallest absolute Gasteiger partial charge is 0.204 e. The highest BCUT2D eigenvalue weighted by atomic mass is 32.1. The van der Waals surface area contributed by atoms with Gasteiger partial charge in [0.05, 0.1) is 24.9 Å². The van der Waals surface area contributed by atoms with Gasteiger partial charge >= 0.3 is 0 Å². The van der Waals surface area contributed by atoms with E-state index in [1.54, 1.807) is 25.5 Å². The number of methoxy groups -OCH3 is 1. The molecule has 0 saturated carbocycles. The normalized spacial score (nSPS) is 12.0. The molecule has 142 valence electrons. The minimum atomic E-state index is 0.133. The van der Waals surface area contributed by atoms with Crippen LogP contribution in [0, 0.1) is 12.3 Å². The van der Waals surface area contributed by atoms with Gasteiger partial charge in [-0.15, -0.1) is 21.5 Å². The number of aromatic nitrogens is 5. The number of nitrogens with zero attached hydrogens (tertiary/aromatic N) is 5. The van der Waals surface area contributed by atoms with Crippen LogP contribution in [0.2, 0.25) is 0 Å². The third-order valence-corrected chi connectivity index (χ3v) is 5.11. The lowest BCUT2D eigenvalue weighted by Crippen LogP contribution is -2.14. The Labute approximate surface area is 163 Å². The lowest BCUT2D eigenvalue weighted by atomic mass is 9.84. The van der Waals surface area contributed by atoms with Gasteiger partial charge in [-0.2, -0.15) is 4.80 Å². The van der Waals surface area contributed by atoms with Crippen LogP contribution in [-0.4, -0.2) is 32.3 Å². The second-order valence-electron chi connectivity index (χ2n) is 7.36. The van der Waals surface area contributed by atoms with E-state index in [1.807, 2.05) is 25.1 Å². The highest BCUT2D eigenvalue weighted by Gasteiger charge is 2.18. The van der Waals surface area contributed by atoms with Gasteiger partial charge in [0.15, 0.2) is 0 Å². The van der Waals surface area contributed by atoms with Crippen LogP contribution in [0.15, 0.2) is 29.7 Å². The Kier molecular flexibility index (Phi) is 5.70. The molecular formula is C20H25N5OS. The van der Waals surface area contributed by atoms with Crippen molar-refractivity contribution in [2.24, 2.45) is 12.5 Å². The van der Waals surface area contributed by atoms with Crippen LogP contribution in [0.3, 0.4) is 0 Å². The van der Waals surface area contributed by atoms with Crippen LogP contribution in [0.4, 0.5) is 0 Å². The average Bonchev–Trinajstić information content (AvgIpc) is 3.22. The fourth-order valence-electron chi connectivity index (χ4n) is 2.96. The molecule has 0 radical (unpaired) electrons. The zero-order valence-corrected chi connectivity index (χ0v) is 17.2. The van der Waals surface area contributed by atoms with E-state index in [0.717, 1.165) is 34.7 Å². The molecule has 6 nitrogen and oxygen atoms in total. The molecule has 7 heteroatoms. The number of thiazole rings is 1. The Morgan fingerprint density at radius 1 is 1.30 bits per heavy atom. The summed E-state index contributed by atoms with van der Waals surface area (Å²) in [7, 11) is 3.44. The first-order valence-electron chi connectivity index (χ1n) is 8.86. The lowest BCUT2D eigenvalue weighted by molar-refractivity contribution is 0.366. The van der Waals surface area contributed by atoms with Crippen LogP contribution in [0.5, 0.6) is 5.75 Å². The molecule has 0 aliphatic rings. The first-order valence-corrected chi connectivity index (χ1v) is 9.74. The number of aryl methyl sites for hydroxylation is 2. The van der Waals surface area contributed by atoms with E-state index in [2.05, 4.69) is 51.8 Å². The SMILES string of the molecule is COc1ccc(-c2nnn(C)n2)cc1/C=C/CC(C)(C)Cc1csc(C)n1. The van der Waals surface area contributed by atoms with Crippen molar-refractivity contribution < 1.29 is 4.74 Å². The Balaban J connectivity index is 1.75. The van der Waals surface area contributed by atoms with Gasteiger partial charge in [-0.25, -0.2) is 4.98 Å². The zero-order valence-electron chi connectivity index (χ0n) is 16.4. The molecule has 2 heterocycles. The van der Waals surface area contributed by atoms with Crippen LogP contribution >= 0.6 is 11.3 Å². The molecular weight excluding hydrogens is 358 g/mol. The molecule has 0 atom stereocenters. The molecule has 3 aromatic rings. The van der Waals surface area contributed by atoms with Crippen LogP contribution in [-0.2, 0) is 13.5 Å². The van der Waals surface area contributed by atoms with E-state index in [9.17, 15) is 0 Å². The topological polar surface area (TPSA) is 65.7 Å². The number of hydrogen-bond acceptors (Lipinski definition) is 6. The third kappa shape index (κ3) is 5.01. The van der Waals surface area contributed by atoms with E-state index in [4.69, 9.17) is 4.74 Å². The van der Waals surface area contributed by atoms with Gasteiger partial charge < -0.3 is 4.74 Å². The van der Waals surface area contributed by atoms with Gasteiger partial charge in [0.2, 0.25) is 5.82 Å². The minimum absolute atomic E-state index is 0.133. The van der Waals surface area contributed by atoms with Crippen molar-refractivity contribution in [3.05, 3.63) is 45.9 Å². The summed E-state index contributed by atoms with van der Waals surface area (Å²) in [4.78, 5) is 6.05. The summed E-state index contributed by atoms with van der Waals surface area (Å²) in [5.74, 6) is 1.43. The highest BCUT2D eigenvalue weighted by molar-refractivity contribution is 7.09. The second kappa shape index (κ2) is 8.00. The largest absolute Gasteiger partial charge is 0.496 e. The number of hydrogen-bond donors (Lipinski definition) is 0. The number of ether oxygens (including phenoxy) is 1. The van der Waals surface area contributed by atoms with Gasteiger partial charge in [0.1, 0.15) is 5.75 Å². The lowest BCUT2D eigenvalue weighted by Gasteiger charge is -2.21. The van der Waals surface area contributed by atoms with Crippen LogP contribution in [0.1, 0.15) is 36.5 Å². The van der Waals surface area contributed by atoms with Crippen LogP contribution in [0.25, 0.3) is 17.5 Å². The zero-order chi connectivity index (χ0) is 19.4. The van der Waals surface area contributed by atoms with Crippen LogP contribution < -0.4 is 4.74 Å². The second-order valence-corrected chi connectivity index (χ2v) is 8.43. The summed E-state index contributed by atoms with van der Waals surface area (Å²) in [6.07, 6.45) is 6.21. The van der Waals surface area contributed by atoms with Gasteiger partial charge in [-0.3, -0.25) is 0 Å². The van der Waals surface area contributed by atoms with Crippen molar-refractivity contribution >= 4 is 17.4 Å². The Hall–Kier alpha value is -2.54. The molecule has 0 unspecified atom stereocenters. The maximum absolute atomic E-state index is 5.50. The predicted octanol–water partition coefficient (Wildman–Crippen LogP) is 4.32.